The Balaban J connectivity index is -0.000000456. The molecule has 0 aliphatic heterocycles. The molecule has 0 rings (SSSR count). The number of ether oxygens (including phenoxy) is 6. The Labute approximate surface area is 217 Å². The highest BCUT2D eigenvalue weighted by Crippen LogP contribution is 2.20. The van der Waals surface area contributed by atoms with Crippen LogP contribution >= 0.6 is 0 Å². The normalized spacial score (nSPS) is 12.5. The maximum atomic E-state index is 5.84. The van der Waals surface area contributed by atoms with E-state index >= 15 is 0 Å². The van der Waals surface area contributed by atoms with Crippen molar-refractivity contribution in [2.75, 3.05) is 59.5 Å². The first-order chi connectivity index (χ1) is 15.9. The lowest BCUT2D eigenvalue weighted by molar-refractivity contribution is -0.229. The van der Waals surface area contributed by atoms with Gasteiger partial charge in [-0.05, 0) is 59.8 Å². The van der Waals surface area contributed by atoms with E-state index in [0.717, 1.165) is 26.1 Å². The summed E-state index contributed by atoms with van der Waals surface area (Å²) in [5.41, 5.74) is 16.1. The number of hydrogen-bond donors (Lipinski definition) is 3. The molecule has 0 aliphatic carbocycles. The van der Waals surface area contributed by atoms with Crippen molar-refractivity contribution in [3.8, 4) is 0 Å². The zero-order chi connectivity index (χ0) is 28.0. The second kappa shape index (κ2) is 21.7. The maximum Gasteiger partial charge on any atom is 0.162 e. The maximum absolute atomic E-state index is 5.84. The first-order valence-corrected chi connectivity index (χ1v) is 12.9. The van der Waals surface area contributed by atoms with Crippen LogP contribution in [-0.4, -0.2) is 76.6 Å². The summed E-state index contributed by atoms with van der Waals surface area (Å²) in [6.07, 6.45) is 2.04. The minimum Gasteiger partial charge on any atom is -0.355 e. The van der Waals surface area contributed by atoms with Gasteiger partial charge in [-0.1, -0.05) is 34.6 Å². The van der Waals surface area contributed by atoms with Gasteiger partial charge in [0.25, 0.3) is 0 Å². The van der Waals surface area contributed by atoms with E-state index < -0.39 is 11.6 Å². The zero-order valence-electron chi connectivity index (χ0n) is 25.0. The molecular weight excluding hydrogens is 450 g/mol. The van der Waals surface area contributed by atoms with E-state index in [4.69, 9.17) is 45.6 Å². The molecule has 0 aromatic heterocycles. The molecule has 9 nitrogen and oxygen atoms in total. The SMILES string of the molecule is CC(C)(C)COC(C)(C)OCC(C)(C)N.CCCOC(C)(C)OCCN.CCCOCOCCN. The molecule has 35 heavy (non-hydrogen) atoms. The van der Waals surface area contributed by atoms with E-state index in [2.05, 4.69) is 34.6 Å². The predicted molar refractivity (Wildman–Crippen MR) is 145 cm³/mol. The largest absolute Gasteiger partial charge is 0.355 e. The molecule has 0 aliphatic rings. The van der Waals surface area contributed by atoms with Crippen LogP contribution in [0.3, 0.4) is 0 Å². The Morgan fingerprint density at radius 2 is 0.971 bits per heavy atom. The molecule has 0 amide bonds. The van der Waals surface area contributed by atoms with E-state index in [9.17, 15) is 0 Å². The van der Waals surface area contributed by atoms with Gasteiger partial charge in [-0.3, -0.25) is 0 Å². The minimum absolute atomic E-state index is 0.152. The first-order valence-electron chi connectivity index (χ1n) is 12.9. The number of rotatable bonds is 17. The highest BCUT2D eigenvalue weighted by Gasteiger charge is 2.25. The van der Waals surface area contributed by atoms with Gasteiger partial charge < -0.3 is 45.6 Å². The van der Waals surface area contributed by atoms with Crippen LogP contribution in [0.1, 0.15) is 89.0 Å². The fourth-order valence-electron chi connectivity index (χ4n) is 1.89. The Kier molecular flexibility index (Phi) is 24.3. The zero-order valence-corrected chi connectivity index (χ0v) is 25.0. The van der Waals surface area contributed by atoms with Gasteiger partial charge in [0.2, 0.25) is 0 Å². The van der Waals surface area contributed by atoms with Gasteiger partial charge >= 0.3 is 0 Å². The van der Waals surface area contributed by atoms with Crippen molar-refractivity contribution in [3.05, 3.63) is 0 Å². The van der Waals surface area contributed by atoms with Gasteiger partial charge in [0.15, 0.2) is 11.6 Å². The number of hydrogen-bond acceptors (Lipinski definition) is 9. The van der Waals surface area contributed by atoms with Crippen LogP contribution in [0.15, 0.2) is 0 Å². The lowest BCUT2D eigenvalue weighted by atomic mass is 9.98. The third-order valence-electron chi connectivity index (χ3n) is 3.64. The molecule has 0 fully saturated rings. The number of nitrogens with two attached hydrogens (primary N) is 3. The molecule has 6 N–H and O–H groups in total. The smallest absolute Gasteiger partial charge is 0.162 e. The Morgan fingerprint density at radius 1 is 0.543 bits per heavy atom. The van der Waals surface area contributed by atoms with Gasteiger partial charge in [0.1, 0.15) is 6.79 Å². The van der Waals surface area contributed by atoms with Crippen LogP contribution in [0.25, 0.3) is 0 Å². The summed E-state index contributed by atoms with van der Waals surface area (Å²) >= 11 is 0. The molecule has 0 bridgehead atoms. The molecule has 0 aromatic carbocycles. The summed E-state index contributed by atoms with van der Waals surface area (Å²) in [6.45, 7) is 27.3. The standard InChI is InChI=1S/C12H27NO2.C8H19NO2.C6H15NO2/c1-10(2,3)8-14-12(6,7)15-9-11(4,5)13;1-4-6-10-8(2,3)11-7-5-9;1-2-4-8-6-9-5-3-7/h8-9,13H2,1-7H3;4-7,9H2,1-3H3;2-7H2,1H3. The van der Waals surface area contributed by atoms with Crippen molar-refractivity contribution in [2.45, 2.75) is 106 Å². The fourth-order valence-corrected chi connectivity index (χ4v) is 1.89. The average molecular weight is 512 g/mol. The molecule has 0 saturated heterocycles. The van der Waals surface area contributed by atoms with Crippen LogP contribution in [0.2, 0.25) is 0 Å². The summed E-state index contributed by atoms with van der Waals surface area (Å²) in [6, 6.07) is 0. The first kappa shape index (κ1) is 39.2. The molecule has 9 heteroatoms. The Morgan fingerprint density at radius 3 is 1.40 bits per heavy atom. The van der Waals surface area contributed by atoms with E-state index in [1.165, 1.54) is 0 Å². The van der Waals surface area contributed by atoms with Crippen molar-refractivity contribution < 1.29 is 28.4 Å². The Bertz CT molecular complexity index is 413. The molecular formula is C26H61N3O6. The summed E-state index contributed by atoms with van der Waals surface area (Å²) in [7, 11) is 0. The van der Waals surface area contributed by atoms with Crippen molar-refractivity contribution in [3.63, 3.8) is 0 Å². The molecule has 0 heterocycles. The Hall–Kier alpha value is -0.360. The van der Waals surface area contributed by atoms with Crippen LogP contribution in [0.4, 0.5) is 0 Å². The summed E-state index contributed by atoms with van der Waals surface area (Å²) < 4.78 is 32.0. The average Bonchev–Trinajstić information content (AvgIpc) is 2.74. The topological polar surface area (TPSA) is 133 Å². The van der Waals surface area contributed by atoms with Gasteiger partial charge in [-0.25, -0.2) is 0 Å². The molecule has 0 spiro atoms. The van der Waals surface area contributed by atoms with Gasteiger partial charge in [-0.2, -0.15) is 0 Å². The quantitative estimate of drug-likeness (QED) is 0.196. The highest BCUT2D eigenvalue weighted by molar-refractivity contribution is 4.72. The molecule has 0 saturated carbocycles. The van der Waals surface area contributed by atoms with Crippen LogP contribution in [0.5, 0.6) is 0 Å². The molecule has 0 aromatic rings. The van der Waals surface area contributed by atoms with Crippen molar-refractivity contribution in [2.24, 2.45) is 22.6 Å². The fraction of sp³-hybridized carbons (Fsp3) is 1.00. The molecule has 0 unspecified atom stereocenters. The molecule has 0 radical (unpaired) electrons. The summed E-state index contributed by atoms with van der Waals surface area (Å²) in [4.78, 5) is 0. The summed E-state index contributed by atoms with van der Waals surface area (Å²) in [5, 5.41) is 0. The van der Waals surface area contributed by atoms with Crippen molar-refractivity contribution in [1.29, 1.82) is 0 Å². The molecule has 0 atom stereocenters. The predicted octanol–water partition coefficient (Wildman–Crippen LogP) is 4.01. The lowest BCUT2D eigenvalue weighted by Gasteiger charge is -2.32. The van der Waals surface area contributed by atoms with E-state index in [-0.39, 0.29) is 11.0 Å². The lowest BCUT2D eigenvalue weighted by Crippen LogP contribution is -2.42. The van der Waals surface area contributed by atoms with Crippen LogP contribution in [0, 0.1) is 5.41 Å². The molecule has 216 valence electrons. The van der Waals surface area contributed by atoms with Gasteiger partial charge in [0, 0.05) is 31.8 Å². The monoisotopic (exact) mass is 511 g/mol. The van der Waals surface area contributed by atoms with Crippen LogP contribution < -0.4 is 17.2 Å². The second-order valence-corrected chi connectivity index (χ2v) is 11.1. The third kappa shape index (κ3) is 38.3. The van der Waals surface area contributed by atoms with Crippen molar-refractivity contribution >= 4 is 0 Å². The van der Waals surface area contributed by atoms with Crippen LogP contribution in [-0.2, 0) is 28.4 Å². The summed E-state index contributed by atoms with van der Waals surface area (Å²) in [5.74, 6) is -1.04. The second-order valence-electron chi connectivity index (χ2n) is 11.1. The van der Waals surface area contributed by atoms with Gasteiger partial charge in [0.05, 0.1) is 26.4 Å². The minimum atomic E-state index is -0.566. The van der Waals surface area contributed by atoms with E-state index in [0.29, 0.717) is 46.3 Å². The highest BCUT2D eigenvalue weighted by atomic mass is 16.7. The van der Waals surface area contributed by atoms with E-state index in [1.807, 2.05) is 41.5 Å². The van der Waals surface area contributed by atoms with Gasteiger partial charge in [-0.15, -0.1) is 0 Å². The van der Waals surface area contributed by atoms with Crippen molar-refractivity contribution in [1.82, 2.24) is 0 Å². The van der Waals surface area contributed by atoms with E-state index in [1.54, 1.807) is 0 Å². The third-order valence-corrected chi connectivity index (χ3v) is 3.64.